The Morgan fingerprint density at radius 1 is 0.966 bits per heavy atom. The lowest BCUT2D eigenvalue weighted by molar-refractivity contribution is -0.123. The monoisotopic (exact) mass is 395 g/mol. The van der Waals surface area contributed by atoms with Gasteiger partial charge in [-0.1, -0.05) is 42.5 Å². The van der Waals surface area contributed by atoms with E-state index < -0.39 is 0 Å². The van der Waals surface area contributed by atoms with Crippen LogP contribution in [0.3, 0.4) is 0 Å². The number of methoxy groups -OCH3 is 1. The van der Waals surface area contributed by atoms with Gasteiger partial charge in [-0.05, 0) is 43.0 Å². The first-order valence-electron chi connectivity index (χ1n) is 10.5. The molecule has 1 saturated heterocycles. The normalized spacial score (nSPS) is 16.3. The third-order valence-electron chi connectivity index (χ3n) is 5.51. The van der Waals surface area contributed by atoms with E-state index in [2.05, 4.69) is 58.4 Å². The van der Waals surface area contributed by atoms with Gasteiger partial charge in [0.15, 0.2) is 0 Å². The SMILES string of the molecule is COc1ccc(CN2CCN(CC(=O)N[C@@H](C)CCc3ccccc3)CC2)cc1. The smallest absolute Gasteiger partial charge is 0.234 e. The number of ether oxygens (including phenoxy) is 1. The zero-order valence-electron chi connectivity index (χ0n) is 17.6. The molecule has 1 fully saturated rings. The minimum atomic E-state index is 0.133. The molecular weight excluding hydrogens is 362 g/mol. The second-order valence-electron chi connectivity index (χ2n) is 7.89. The zero-order valence-corrected chi connectivity index (χ0v) is 17.6. The molecule has 0 bridgehead atoms. The van der Waals surface area contributed by atoms with Crippen molar-refractivity contribution < 1.29 is 9.53 Å². The van der Waals surface area contributed by atoms with Gasteiger partial charge in [0, 0.05) is 38.8 Å². The van der Waals surface area contributed by atoms with Gasteiger partial charge in [0.2, 0.25) is 5.91 Å². The molecule has 1 heterocycles. The van der Waals surface area contributed by atoms with Crippen LogP contribution in [0.25, 0.3) is 0 Å². The van der Waals surface area contributed by atoms with Crippen LogP contribution in [0.4, 0.5) is 0 Å². The van der Waals surface area contributed by atoms with Gasteiger partial charge in [-0.25, -0.2) is 0 Å². The van der Waals surface area contributed by atoms with Crippen molar-refractivity contribution >= 4 is 5.91 Å². The molecule has 1 aliphatic rings. The molecule has 0 radical (unpaired) electrons. The molecule has 156 valence electrons. The maximum absolute atomic E-state index is 12.4. The van der Waals surface area contributed by atoms with Crippen LogP contribution in [0.15, 0.2) is 54.6 Å². The maximum atomic E-state index is 12.4. The number of benzene rings is 2. The van der Waals surface area contributed by atoms with Gasteiger partial charge in [0.1, 0.15) is 5.75 Å². The van der Waals surface area contributed by atoms with E-state index in [1.807, 2.05) is 18.2 Å². The highest BCUT2D eigenvalue weighted by Crippen LogP contribution is 2.14. The fourth-order valence-electron chi connectivity index (χ4n) is 3.72. The number of rotatable bonds is 9. The van der Waals surface area contributed by atoms with Gasteiger partial charge in [0.05, 0.1) is 13.7 Å². The molecule has 1 aliphatic heterocycles. The lowest BCUT2D eigenvalue weighted by atomic mass is 10.1. The number of amides is 1. The summed E-state index contributed by atoms with van der Waals surface area (Å²) in [5.41, 5.74) is 2.62. The zero-order chi connectivity index (χ0) is 20.5. The molecule has 5 nitrogen and oxygen atoms in total. The van der Waals surface area contributed by atoms with Crippen molar-refractivity contribution in [2.75, 3.05) is 39.8 Å². The van der Waals surface area contributed by atoms with Crippen LogP contribution in [0.1, 0.15) is 24.5 Å². The summed E-state index contributed by atoms with van der Waals surface area (Å²) in [5, 5.41) is 3.15. The van der Waals surface area contributed by atoms with Gasteiger partial charge < -0.3 is 10.1 Å². The molecule has 0 aromatic heterocycles. The minimum Gasteiger partial charge on any atom is -0.497 e. The summed E-state index contributed by atoms with van der Waals surface area (Å²) >= 11 is 0. The molecule has 1 amide bonds. The Morgan fingerprint density at radius 3 is 2.28 bits per heavy atom. The summed E-state index contributed by atoms with van der Waals surface area (Å²) in [7, 11) is 1.69. The molecule has 29 heavy (non-hydrogen) atoms. The average molecular weight is 396 g/mol. The molecule has 5 heteroatoms. The number of carbonyl (C=O) groups is 1. The highest BCUT2D eigenvalue weighted by Gasteiger charge is 2.19. The van der Waals surface area contributed by atoms with Crippen LogP contribution in [0, 0.1) is 0 Å². The quantitative estimate of drug-likeness (QED) is 0.709. The summed E-state index contributed by atoms with van der Waals surface area (Å²) in [5.74, 6) is 1.02. The largest absolute Gasteiger partial charge is 0.497 e. The van der Waals surface area contributed by atoms with Gasteiger partial charge >= 0.3 is 0 Å². The summed E-state index contributed by atoms with van der Waals surface area (Å²) in [6, 6.07) is 18.9. The van der Waals surface area contributed by atoms with E-state index in [0.29, 0.717) is 6.54 Å². The van der Waals surface area contributed by atoms with Crippen LogP contribution in [-0.4, -0.2) is 61.6 Å². The van der Waals surface area contributed by atoms with E-state index >= 15 is 0 Å². The second-order valence-corrected chi connectivity index (χ2v) is 7.89. The lowest BCUT2D eigenvalue weighted by Crippen LogP contribution is -2.50. The Morgan fingerprint density at radius 2 is 1.62 bits per heavy atom. The van der Waals surface area contributed by atoms with Crippen molar-refractivity contribution in [2.45, 2.75) is 32.4 Å². The fraction of sp³-hybridized carbons (Fsp3) is 0.458. The number of hydrogen-bond donors (Lipinski definition) is 1. The molecule has 0 unspecified atom stereocenters. The van der Waals surface area contributed by atoms with E-state index in [9.17, 15) is 4.79 Å². The van der Waals surface area contributed by atoms with Crippen LogP contribution < -0.4 is 10.1 Å². The Kier molecular flexibility index (Phi) is 8.08. The Bertz CT molecular complexity index is 740. The van der Waals surface area contributed by atoms with Crippen LogP contribution in [-0.2, 0) is 17.8 Å². The molecule has 2 aromatic rings. The Labute approximate surface area is 174 Å². The standard InChI is InChI=1S/C24H33N3O2/c1-20(8-9-21-6-4-3-5-7-21)25-24(28)19-27-16-14-26(15-17-27)18-22-10-12-23(29-2)13-11-22/h3-7,10-13,20H,8-9,14-19H2,1-2H3,(H,25,28)/t20-/m0/s1. The number of piperazine rings is 1. The molecule has 3 rings (SSSR count). The van der Waals surface area contributed by atoms with Crippen molar-refractivity contribution in [2.24, 2.45) is 0 Å². The molecular formula is C24H33N3O2. The van der Waals surface area contributed by atoms with Crippen LogP contribution >= 0.6 is 0 Å². The van der Waals surface area contributed by atoms with E-state index in [0.717, 1.165) is 51.3 Å². The number of nitrogens with zero attached hydrogens (tertiary/aromatic N) is 2. The molecule has 1 N–H and O–H groups in total. The first-order chi connectivity index (χ1) is 14.1. The van der Waals surface area contributed by atoms with Gasteiger partial charge in [-0.3, -0.25) is 14.6 Å². The predicted octanol–water partition coefficient (Wildman–Crippen LogP) is 2.95. The van der Waals surface area contributed by atoms with E-state index in [4.69, 9.17) is 4.74 Å². The van der Waals surface area contributed by atoms with Crippen molar-refractivity contribution in [1.82, 2.24) is 15.1 Å². The van der Waals surface area contributed by atoms with Crippen molar-refractivity contribution in [1.29, 1.82) is 0 Å². The lowest BCUT2D eigenvalue weighted by Gasteiger charge is -2.34. The second kappa shape index (κ2) is 11.0. The third-order valence-corrected chi connectivity index (χ3v) is 5.51. The molecule has 0 saturated carbocycles. The van der Waals surface area contributed by atoms with E-state index in [-0.39, 0.29) is 11.9 Å². The van der Waals surface area contributed by atoms with Gasteiger partial charge in [0.25, 0.3) is 0 Å². The highest BCUT2D eigenvalue weighted by atomic mass is 16.5. The molecule has 0 spiro atoms. The first kappa shape index (κ1) is 21.3. The molecule has 1 atom stereocenters. The number of hydrogen-bond acceptors (Lipinski definition) is 4. The summed E-state index contributed by atoms with van der Waals surface area (Å²) < 4.78 is 5.22. The van der Waals surface area contributed by atoms with Gasteiger partial charge in [-0.2, -0.15) is 0 Å². The summed E-state index contributed by atoms with van der Waals surface area (Å²) in [6.45, 7) is 7.37. The first-order valence-corrected chi connectivity index (χ1v) is 10.5. The van der Waals surface area contributed by atoms with Gasteiger partial charge in [-0.15, -0.1) is 0 Å². The summed E-state index contributed by atoms with van der Waals surface area (Å²) in [4.78, 5) is 17.1. The molecule has 2 aromatic carbocycles. The molecule has 0 aliphatic carbocycles. The topological polar surface area (TPSA) is 44.8 Å². The maximum Gasteiger partial charge on any atom is 0.234 e. The van der Waals surface area contributed by atoms with E-state index in [1.54, 1.807) is 7.11 Å². The number of aryl methyl sites for hydroxylation is 1. The predicted molar refractivity (Wildman–Crippen MR) is 117 cm³/mol. The summed E-state index contributed by atoms with van der Waals surface area (Å²) in [6.07, 6.45) is 1.96. The van der Waals surface area contributed by atoms with Crippen molar-refractivity contribution in [3.05, 3.63) is 65.7 Å². The number of carbonyl (C=O) groups excluding carboxylic acids is 1. The average Bonchev–Trinajstić information content (AvgIpc) is 2.75. The van der Waals surface area contributed by atoms with Crippen molar-refractivity contribution in [3.63, 3.8) is 0 Å². The highest BCUT2D eigenvalue weighted by molar-refractivity contribution is 5.78. The van der Waals surface area contributed by atoms with Crippen LogP contribution in [0.5, 0.6) is 5.75 Å². The van der Waals surface area contributed by atoms with E-state index in [1.165, 1.54) is 11.1 Å². The minimum absolute atomic E-state index is 0.133. The third kappa shape index (κ3) is 7.18. The Hall–Kier alpha value is -2.37. The van der Waals surface area contributed by atoms with Crippen molar-refractivity contribution in [3.8, 4) is 5.75 Å². The number of nitrogens with one attached hydrogen (secondary N) is 1. The van der Waals surface area contributed by atoms with Crippen LogP contribution in [0.2, 0.25) is 0 Å². The fourth-order valence-corrected chi connectivity index (χ4v) is 3.72. The Balaban J connectivity index is 1.33.